The average molecular weight is 552 g/mol. The van der Waals surface area contributed by atoms with E-state index in [-0.39, 0.29) is 6.03 Å². The van der Waals surface area contributed by atoms with E-state index < -0.39 is 21.6 Å². The van der Waals surface area contributed by atoms with Gasteiger partial charge in [0.25, 0.3) is 0 Å². The van der Waals surface area contributed by atoms with Crippen molar-refractivity contribution < 1.29 is 18.5 Å². The molecule has 2 N–H and O–H groups in total. The van der Waals surface area contributed by atoms with Gasteiger partial charge in [-0.3, -0.25) is 4.79 Å². The van der Waals surface area contributed by atoms with Gasteiger partial charge in [0.05, 0.1) is 6.61 Å². The SMILES string of the molecule is CC.CCCCOc1ccc(N2CCCN(S(=O)C3(C(N)=O)CCN(C(=O)N(CC)CC)CC3)CC2)cc1. The van der Waals surface area contributed by atoms with Crippen LogP contribution in [-0.2, 0) is 15.8 Å². The van der Waals surface area contributed by atoms with Crippen LogP contribution in [0, 0.1) is 0 Å². The Morgan fingerprint density at radius 1 is 0.974 bits per heavy atom. The van der Waals surface area contributed by atoms with E-state index >= 15 is 0 Å². The standard InChI is InChI=1S/C26H43N5O4S.C2H6/c1-4-7-21-35-23-11-9-22(10-12-23)29-15-8-16-31(20-19-29)36(34)26(24(27)32)13-17-30(18-14-26)25(33)28(5-2)6-3;1-2/h9-12H,4-8,13-21H2,1-3H3,(H2,27,32);1-2H3. The smallest absolute Gasteiger partial charge is 0.319 e. The van der Waals surface area contributed by atoms with Gasteiger partial charge in [0.15, 0.2) is 0 Å². The summed E-state index contributed by atoms with van der Waals surface area (Å²) in [7, 11) is -1.55. The summed E-state index contributed by atoms with van der Waals surface area (Å²) in [5, 5.41) is 0. The number of benzene rings is 1. The lowest BCUT2D eigenvalue weighted by atomic mass is 9.95. The summed E-state index contributed by atoms with van der Waals surface area (Å²) in [5.74, 6) is 0.342. The summed E-state index contributed by atoms with van der Waals surface area (Å²) in [6.07, 6.45) is 3.62. The quantitative estimate of drug-likeness (QED) is 0.446. The van der Waals surface area contributed by atoms with Crippen LogP contribution in [0.15, 0.2) is 24.3 Å². The lowest BCUT2D eigenvalue weighted by Crippen LogP contribution is -2.60. The Balaban J connectivity index is 0.00000247. The monoisotopic (exact) mass is 551 g/mol. The van der Waals surface area contributed by atoms with Crippen molar-refractivity contribution in [2.45, 2.75) is 71.5 Å². The van der Waals surface area contributed by atoms with E-state index in [1.165, 1.54) is 0 Å². The van der Waals surface area contributed by atoms with Crippen LogP contribution in [0.4, 0.5) is 10.5 Å². The number of primary amides is 1. The first-order chi connectivity index (χ1) is 18.4. The van der Waals surface area contributed by atoms with E-state index in [0.717, 1.165) is 43.9 Å². The molecule has 1 unspecified atom stereocenters. The molecule has 0 aromatic heterocycles. The van der Waals surface area contributed by atoms with E-state index in [0.29, 0.717) is 58.7 Å². The van der Waals surface area contributed by atoms with Gasteiger partial charge in [0, 0.05) is 58.0 Å². The number of piperidine rings is 1. The molecule has 0 saturated carbocycles. The Morgan fingerprint density at radius 2 is 1.61 bits per heavy atom. The molecule has 2 heterocycles. The minimum absolute atomic E-state index is 0.0314. The number of carbonyl (C=O) groups is 2. The molecule has 2 fully saturated rings. The highest BCUT2D eigenvalue weighted by Crippen LogP contribution is 2.32. The summed E-state index contributed by atoms with van der Waals surface area (Å²) in [5.41, 5.74) is 6.97. The zero-order valence-electron chi connectivity index (χ0n) is 24.1. The van der Waals surface area contributed by atoms with Gasteiger partial charge in [-0.1, -0.05) is 27.2 Å². The summed E-state index contributed by atoms with van der Waals surface area (Å²) in [6.45, 7) is 15.6. The Bertz CT molecular complexity index is 886. The summed E-state index contributed by atoms with van der Waals surface area (Å²) < 4.78 is 20.3. The fourth-order valence-corrected chi connectivity index (χ4v) is 6.65. The third kappa shape index (κ3) is 7.85. The van der Waals surface area contributed by atoms with Crippen LogP contribution >= 0.6 is 0 Å². The number of anilines is 1. The maximum absolute atomic E-state index is 13.8. The molecular weight excluding hydrogens is 502 g/mol. The summed E-state index contributed by atoms with van der Waals surface area (Å²) >= 11 is 0. The molecule has 38 heavy (non-hydrogen) atoms. The number of hydrogen-bond donors (Lipinski definition) is 1. The predicted octanol–water partition coefficient (Wildman–Crippen LogP) is 3.85. The first-order valence-corrected chi connectivity index (χ1v) is 15.5. The van der Waals surface area contributed by atoms with Crippen LogP contribution < -0.4 is 15.4 Å². The van der Waals surface area contributed by atoms with E-state index in [1.54, 1.807) is 9.80 Å². The maximum atomic E-state index is 13.8. The highest BCUT2D eigenvalue weighted by molar-refractivity contribution is 7.85. The van der Waals surface area contributed by atoms with Gasteiger partial charge in [-0.05, 0) is 63.8 Å². The number of amides is 3. The van der Waals surface area contributed by atoms with Crippen LogP contribution in [0.3, 0.4) is 0 Å². The van der Waals surface area contributed by atoms with Gasteiger partial charge >= 0.3 is 6.03 Å². The van der Waals surface area contributed by atoms with Crippen LogP contribution in [0.25, 0.3) is 0 Å². The van der Waals surface area contributed by atoms with Gasteiger partial charge in [-0.15, -0.1) is 0 Å². The highest BCUT2D eigenvalue weighted by atomic mass is 32.2. The van der Waals surface area contributed by atoms with Gasteiger partial charge in [0.1, 0.15) is 21.5 Å². The van der Waals surface area contributed by atoms with Crippen LogP contribution in [-0.4, -0.2) is 94.0 Å². The first-order valence-electron chi connectivity index (χ1n) is 14.3. The minimum atomic E-state index is -1.55. The molecule has 1 aromatic rings. The molecule has 0 bridgehead atoms. The molecule has 1 aromatic carbocycles. The molecule has 9 nitrogen and oxygen atoms in total. The lowest BCUT2D eigenvalue weighted by molar-refractivity contribution is -0.121. The number of likely N-dealkylation sites (tertiary alicyclic amines) is 1. The van der Waals surface area contributed by atoms with Crippen molar-refractivity contribution in [3.8, 4) is 5.75 Å². The topological polar surface area (TPSA) is 99.4 Å². The minimum Gasteiger partial charge on any atom is -0.494 e. The molecule has 0 radical (unpaired) electrons. The number of nitrogens with zero attached hydrogens (tertiary/aromatic N) is 4. The molecule has 2 aliphatic rings. The Labute approximate surface area is 232 Å². The van der Waals surface area contributed by atoms with Crippen LogP contribution in [0.5, 0.6) is 5.75 Å². The van der Waals surface area contributed by atoms with Crippen molar-refractivity contribution in [3.05, 3.63) is 24.3 Å². The zero-order valence-corrected chi connectivity index (χ0v) is 24.9. The molecule has 1 atom stereocenters. The number of ether oxygens (including phenoxy) is 1. The van der Waals surface area contributed by atoms with Crippen LogP contribution in [0.2, 0.25) is 0 Å². The number of unbranched alkanes of at least 4 members (excludes halogenated alkanes) is 1. The lowest BCUT2D eigenvalue weighted by Gasteiger charge is -2.42. The third-order valence-electron chi connectivity index (χ3n) is 7.32. The van der Waals surface area contributed by atoms with Gasteiger partial charge < -0.3 is 25.2 Å². The molecule has 0 spiro atoms. The van der Waals surface area contributed by atoms with E-state index in [1.807, 2.05) is 44.1 Å². The average Bonchev–Trinajstić information content (AvgIpc) is 3.21. The Morgan fingerprint density at radius 3 is 2.16 bits per heavy atom. The predicted molar refractivity (Wildman–Crippen MR) is 156 cm³/mol. The van der Waals surface area contributed by atoms with E-state index in [4.69, 9.17) is 10.5 Å². The Hall–Kier alpha value is -2.33. The summed E-state index contributed by atoms with van der Waals surface area (Å²) in [4.78, 5) is 31.2. The number of rotatable bonds is 10. The van der Waals surface area contributed by atoms with Crippen LogP contribution in [0.1, 0.15) is 66.7 Å². The fraction of sp³-hybridized carbons (Fsp3) is 0.714. The van der Waals surface area contributed by atoms with E-state index in [9.17, 15) is 13.8 Å². The molecule has 3 amide bonds. The number of nitrogens with two attached hydrogens (primary N) is 1. The second-order valence-electron chi connectivity index (χ2n) is 9.52. The van der Waals surface area contributed by atoms with Crippen molar-refractivity contribution in [1.82, 2.24) is 14.1 Å². The number of carbonyl (C=O) groups excluding carboxylic acids is 2. The molecule has 10 heteroatoms. The number of urea groups is 1. The summed E-state index contributed by atoms with van der Waals surface area (Å²) in [6, 6.07) is 8.11. The molecule has 2 saturated heterocycles. The molecule has 216 valence electrons. The Kier molecular flexibility index (Phi) is 13.4. The second kappa shape index (κ2) is 15.9. The van der Waals surface area contributed by atoms with E-state index in [2.05, 4.69) is 24.0 Å². The zero-order chi connectivity index (χ0) is 28.1. The molecule has 2 aliphatic heterocycles. The first kappa shape index (κ1) is 31.9. The van der Waals surface area contributed by atoms with Crippen molar-refractivity contribution in [3.63, 3.8) is 0 Å². The number of hydrogen-bond acceptors (Lipinski definition) is 5. The fourth-order valence-electron chi connectivity index (χ4n) is 4.91. The molecule has 3 rings (SSSR count). The van der Waals surface area contributed by atoms with Gasteiger partial charge in [0.2, 0.25) is 5.91 Å². The third-order valence-corrected chi connectivity index (χ3v) is 9.43. The van der Waals surface area contributed by atoms with Crippen molar-refractivity contribution in [1.29, 1.82) is 0 Å². The highest BCUT2D eigenvalue weighted by Gasteiger charge is 2.48. The largest absolute Gasteiger partial charge is 0.494 e. The normalized spacial score (nSPS) is 18.6. The molecule has 0 aliphatic carbocycles. The maximum Gasteiger partial charge on any atom is 0.319 e. The van der Waals surface area contributed by atoms with Crippen molar-refractivity contribution in [2.24, 2.45) is 5.73 Å². The van der Waals surface area contributed by atoms with Crippen molar-refractivity contribution in [2.75, 3.05) is 63.9 Å². The van der Waals surface area contributed by atoms with Gasteiger partial charge in [-0.25, -0.2) is 13.3 Å². The van der Waals surface area contributed by atoms with Gasteiger partial charge in [-0.2, -0.15) is 0 Å². The van der Waals surface area contributed by atoms with Crippen molar-refractivity contribution >= 4 is 28.6 Å². The molecular formula is C28H49N5O4S. The second-order valence-corrected chi connectivity index (χ2v) is 11.3.